The molecule has 0 fully saturated rings. The van der Waals surface area contributed by atoms with Crippen LogP contribution in [0, 0.1) is 0 Å². The highest BCUT2D eigenvalue weighted by molar-refractivity contribution is 8.08. The summed E-state index contributed by atoms with van der Waals surface area (Å²) < 4.78 is 26.0. The van der Waals surface area contributed by atoms with E-state index in [-0.39, 0.29) is 10.5 Å². The number of anilines is 1. The van der Waals surface area contributed by atoms with Gasteiger partial charge in [0.05, 0.1) is 10.6 Å². The molecule has 5 nitrogen and oxygen atoms in total. The van der Waals surface area contributed by atoms with E-state index in [0.29, 0.717) is 10.7 Å². The second kappa shape index (κ2) is 8.16. The van der Waals surface area contributed by atoms with Crippen molar-refractivity contribution in [2.45, 2.75) is 4.90 Å². The number of carbonyl (C=O) groups is 1. The molecule has 0 heterocycles. The maximum absolute atomic E-state index is 13.0. The number of Topliss-reactive ketones (excluding diaryl/α,β-unsaturated/α-hetero) is 1. The normalized spacial score (nSPS) is 11.8. The van der Waals surface area contributed by atoms with Crippen molar-refractivity contribution in [3.8, 4) is 0 Å². The van der Waals surface area contributed by atoms with E-state index in [1.165, 1.54) is 12.1 Å². The van der Waals surface area contributed by atoms with Crippen molar-refractivity contribution in [1.82, 2.24) is 0 Å². The SMILES string of the molecule is O=C(/C(=N/Nc1ccc(Cl)cc1)S(=O)(=O)c1ccccc1)c1ccccc1. The molecule has 0 spiro atoms. The first-order valence-corrected chi connectivity index (χ1v) is 9.84. The third-order valence-electron chi connectivity index (χ3n) is 3.67. The van der Waals surface area contributed by atoms with Gasteiger partial charge in [0.2, 0.25) is 20.7 Å². The summed E-state index contributed by atoms with van der Waals surface area (Å²) in [6, 6.07) is 22.4. The van der Waals surface area contributed by atoms with Crippen molar-refractivity contribution in [2.24, 2.45) is 5.10 Å². The van der Waals surface area contributed by atoms with Gasteiger partial charge in [-0.25, -0.2) is 8.42 Å². The van der Waals surface area contributed by atoms with Crippen LogP contribution in [0.3, 0.4) is 0 Å². The van der Waals surface area contributed by atoms with Crippen molar-refractivity contribution in [3.63, 3.8) is 0 Å². The van der Waals surface area contributed by atoms with Gasteiger partial charge in [0.25, 0.3) is 0 Å². The van der Waals surface area contributed by atoms with Gasteiger partial charge in [0.15, 0.2) is 0 Å². The Balaban J connectivity index is 2.04. The number of benzene rings is 3. The molecule has 0 aliphatic carbocycles. The number of nitrogens with one attached hydrogen (secondary N) is 1. The minimum Gasteiger partial charge on any atom is -0.286 e. The molecule has 0 bridgehead atoms. The van der Waals surface area contributed by atoms with Gasteiger partial charge in [-0.15, -0.1) is 0 Å². The van der Waals surface area contributed by atoms with E-state index in [4.69, 9.17) is 11.6 Å². The van der Waals surface area contributed by atoms with Gasteiger partial charge in [-0.3, -0.25) is 10.2 Å². The van der Waals surface area contributed by atoms with Gasteiger partial charge in [0.1, 0.15) is 0 Å². The largest absolute Gasteiger partial charge is 0.286 e. The van der Waals surface area contributed by atoms with Crippen LogP contribution in [0.2, 0.25) is 5.02 Å². The van der Waals surface area contributed by atoms with Crippen LogP contribution < -0.4 is 5.43 Å². The molecular weight excluding hydrogens is 384 g/mol. The van der Waals surface area contributed by atoms with Gasteiger partial charge in [-0.2, -0.15) is 5.10 Å². The molecule has 0 saturated carbocycles. The van der Waals surface area contributed by atoms with Gasteiger partial charge < -0.3 is 0 Å². The first-order chi connectivity index (χ1) is 13.0. The van der Waals surface area contributed by atoms with E-state index in [9.17, 15) is 13.2 Å². The topological polar surface area (TPSA) is 75.6 Å². The molecule has 27 heavy (non-hydrogen) atoms. The minimum absolute atomic E-state index is 0.00839. The molecule has 0 atom stereocenters. The van der Waals surface area contributed by atoms with Crippen molar-refractivity contribution in [2.75, 3.05) is 5.43 Å². The van der Waals surface area contributed by atoms with Gasteiger partial charge in [-0.05, 0) is 36.4 Å². The molecule has 1 N–H and O–H groups in total. The smallest absolute Gasteiger partial charge is 0.229 e. The molecule has 3 aromatic carbocycles. The third-order valence-corrected chi connectivity index (χ3v) is 5.60. The lowest BCUT2D eigenvalue weighted by Crippen LogP contribution is -2.26. The van der Waals surface area contributed by atoms with Crippen LogP contribution in [0.25, 0.3) is 0 Å². The highest BCUT2D eigenvalue weighted by Crippen LogP contribution is 2.18. The average molecular weight is 399 g/mol. The fourth-order valence-corrected chi connectivity index (χ4v) is 3.69. The Morgan fingerprint density at radius 1 is 0.815 bits per heavy atom. The quantitative estimate of drug-likeness (QED) is 0.298. The van der Waals surface area contributed by atoms with Crippen molar-refractivity contribution < 1.29 is 13.2 Å². The maximum atomic E-state index is 13.0. The van der Waals surface area contributed by atoms with E-state index >= 15 is 0 Å². The highest BCUT2D eigenvalue weighted by atomic mass is 35.5. The summed E-state index contributed by atoms with van der Waals surface area (Å²) in [4.78, 5) is 12.9. The first kappa shape index (κ1) is 18.8. The summed E-state index contributed by atoms with van der Waals surface area (Å²) in [6.45, 7) is 0. The Bertz CT molecular complexity index is 1070. The maximum Gasteiger partial charge on any atom is 0.229 e. The molecule has 0 unspecified atom stereocenters. The predicted molar refractivity (Wildman–Crippen MR) is 107 cm³/mol. The number of nitrogens with zero attached hydrogens (tertiary/aromatic N) is 1. The lowest BCUT2D eigenvalue weighted by molar-refractivity contribution is 0.106. The molecule has 3 rings (SSSR count). The van der Waals surface area contributed by atoms with E-state index in [1.54, 1.807) is 72.8 Å². The summed E-state index contributed by atoms with van der Waals surface area (Å²) in [6.07, 6.45) is 0. The summed E-state index contributed by atoms with van der Waals surface area (Å²) in [5.41, 5.74) is 3.36. The van der Waals surface area contributed by atoms with Gasteiger partial charge in [0, 0.05) is 10.6 Å². The Morgan fingerprint density at radius 3 is 1.96 bits per heavy atom. The Hall–Kier alpha value is -2.96. The molecule has 0 aliphatic heterocycles. The summed E-state index contributed by atoms with van der Waals surface area (Å²) >= 11 is 5.84. The number of hydrogen-bond acceptors (Lipinski definition) is 5. The molecule has 3 aromatic rings. The van der Waals surface area contributed by atoms with E-state index in [1.807, 2.05) is 0 Å². The zero-order valence-electron chi connectivity index (χ0n) is 14.0. The van der Waals surface area contributed by atoms with Crippen LogP contribution in [0.1, 0.15) is 10.4 Å². The molecule has 0 amide bonds. The fourth-order valence-electron chi connectivity index (χ4n) is 2.30. The molecule has 136 valence electrons. The Labute approximate surface area is 162 Å². The van der Waals surface area contributed by atoms with E-state index in [0.717, 1.165) is 0 Å². The van der Waals surface area contributed by atoms with Crippen molar-refractivity contribution in [3.05, 3.63) is 95.5 Å². The third kappa shape index (κ3) is 4.42. The Morgan fingerprint density at radius 2 is 1.37 bits per heavy atom. The Kier molecular flexibility index (Phi) is 5.69. The molecular formula is C20H15ClN2O3S. The molecule has 0 aromatic heterocycles. The number of halogens is 1. The number of carbonyl (C=O) groups excluding carboxylic acids is 1. The van der Waals surface area contributed by atoms with Crippen LogP contribution in [-0.4, -0.2) is 19.2 Å². The van der Waals surface area contributed by atoms with Crippen LogP contribution in [0.15, 0.2) is 94.9 Å². The van der Waals surface area contributed by atoms with E-state index in [2.05, 4.69) is 10.5 Å². The fraction of sp³-hybridized carbons (Fsp3) is 0. The summed E-state index contributed by atoms with van der Waals surface area (Å²) in [5, 5.41) is 3.88. The second-order valence-corrected chi connectivity index (χ2v) is 7.85. The monoisotopic (exact) mass is 398 g/mol. The molecule has 0 saturated heterocycles. The van der Waals surface area contributed by atoms with Crippen molar-refractivity contribution in [1.29, 1.82) is 0 Å². The predicted octanol–water partition coefficient (Wildman–Crippen LogP) is 4.42. The number of hydrogen-bond donors (Lipinski definition) is 1. The average Bonchev–Trinajstić information content (AvgIpc) is 2.70. The lowest BCUT2D eigenvalue weighted by atomic mass is 10.1. The van der Waals surface area contributed by atoms with Gasteiger partial charge in [-0.1, -0.05) is 60.1 Å². The van der Waals surface area contributed by atoms with E-state index < -0.39 is 20.7 Å². The summed E-state index contributed by atoms with van der Waals surface area (Å²) in [7, 11) is -4.11. The number of ketones is 1. The first-order valence-electron chi connectivity index (χ1n) is 7.97. The molecule has 0 radical (unpaired) electrons. The number of hydrazone groups is 1. The summed E-state index contributed by atoms with van der Waals surface area (Å²) in [5.74, 6) is -0.694. The lowest BCUT2D eigenvalue weighted by Gasteiger charge is -2.09. The zero-order valence-corrected chi connectivity index (χ0v) is 15.6. The van der Waals surface area contributed by atoms with Gasteiger partial charge >= 0.3 is 0 Å². The standard InChI is InChI=1S/C20H15ClN2O3S/c21-16-11-13-17(14-12-16)22-23-20(19(24)15-7-3-1-4-8-15)27(25,26)18-9-5-2-6-10-18/h1-14,22H/b23-20-. The van der Waals surface area contributed by atoms with Crippen LogP contribution in [0.5, 0.6) is 0 Å². The molecule has 7 heteroatoms. The second-order valence-electron chi connectivity index (χ2n) is 5.55. The van der Waals surface area contributed by atoms with Crippen LogP contribution >= 0.6 is 11.6 Å². The number of rotatable bonds is 5. The van der Waals surface area contributed by atoms with Crippen molar-refractivity contribution >= 4 is 38.0 Å². The molecule has 0 aliphatic rings. The number of sulfone groups is 1. The minimum atomic E-state index is -4.11. The van der Waals surface area contributed by atoms with Crippen LogP contribution in [0.4, 0.5) is 5.69 Å². The van der Waals surface area contributed by atoms with Crippen LogP contribution in [-0.2, 0) is 9.84 Å². The zero-order chi connectivity index (χ0) is 19.3. The highest BCUT2D eigenvalue weighted by Gasteiger charge is 2.30.